The number of aromatic nitrogens is 3. The predicted molar refractivity (Wildman–Crippen MR) is 94.1 cm³/mol. The molecule has 0 aliphatic carbocycles. The van der Waals surface area contributed by atoms with E-state index in [2.05, 4.69) is 25.2 Å². The summed E-state index contributed by atoms with van der Waals surface area (Å²) in [5, 5.41) is 4.29. The van der Waals surface area contributed by atoms with Crippen LogP contribution in [0.25, 0.3) is 0 Å². The van der Waals surface area contributed by atoms with Gasteiger partial charge in [-0.2, -0.15) is 0 Å². The number of hydrogen-bond donors (Lipinski definition) is 1. The molecular formula is C16H22N6OS. The molecule has 7 nitrogen and oxygen atoms in total. The quantitative estimate of drug-likeness (QED) is 0.878. The maximum atomic E-state index is 12.4. The molecule has 0 unspecified atom stereocenters. The van der Waals surface area contributed by atoms with Gasteiger partial charge in [0.25, 0.3) is 0 Å². The van der Waals surface area contributed by atoms with Gasteiger partial charge < -0.3 is 9.80 Å². The SMILES string of the molecule is Cc1cnc([C@H](C)NCC(=O)N2CCN(c3cnccn3)CC2)s1. The molecule has 1 saturated heterocycles. The summed E-state index contributed by atoms with van der Waals surface area (Å²) in [6.07, 6.45) is 6.99. The fourth-order valence-corrected chi connectivity index (χ4v) is 3.45. The standard InChI is InChI=1S/C16H22N6OS/c1-12-9-20-16(24-12)13(2)19-11-15(23)22-7-5-21(6-8-22)14-10-17-3-4-18-14/h3-4,9-10,13,19H,5-8,11H2,1-2H3/t13-/m0/s1. The number of aryl methyl sites for hydroxylation is 1. The molecule has 1 fully saturated rings. The second kappa shape index (κ2) is 7.67. The average Bonchev–Trinajstić information content (AvgIpc) is 3.07. The van der Waals surface area contributed by atoms with Crippen molar-refractivity contribution in [2.75, 3.05) is 37.6 Å². The van der Waals surface area contributed by atoms with E-state index in [0.717, 1.165) is 23.9 Å². The molecule has 0 radical (unpaired) electrons. The van der Waals surface area contributed by atoms with E-state index < -0.39 is 0 Å². The second-order valence-electron chi connectivity index (χ2n) is 5.84. The Labute approximate surface area is 145 Å². The Morgan fingerprint density at radius 1 is 1.25 bits per heavy atom. The van der Waals surface area contributed by atoms with Crippen molar-refractivity contribution >= 4 is 23.1 Å². The van der Waals surface area contributed by atoms with E-state index in [1.807, 2.05) is 24.9 Å². The molecule has 0 bridgehead atoms. The Balaban J connectivity index is 1.45. The van der Waals surface area contributed by atoms with Gasteiger partial charge in [0.15, 0.2) is 0 Å². The summed E-state index contributed by atoms with van der Waals surface area (Å²) >= 11 is 1.66. The van der Waals surface area contributed by atoms with Crippen molar-refractivity contribution in [3.63, 3.8) is 0 Å². The molecule has 128 valence electrons. The van der Waals surface area contributed by atoms with Gasteiger partial charge in [-0.15, -0.1) is 11.3 Å². The zero-order chi connectivity index (χ0) is 16.9. The fourth-order valence-electron chi connectivity index (χ4n) is 2.65. The highest BCUT2D eigenvalue weighted by atomic mass is 32.1. The molecule has 3 heterocycles. The van der Waals surface area contributed by atoms with E-state index in [9.17, 15) is 4.79 Å². The summed E-state index contributed by atoms with van der Waals surface area (Å²) in [5.41, 5.74) is 0. The highest BCUT2D eigenvalue weighted by Crippen LogP contribution is 2.18. The summed E-state index contributed by atoms with van der Waals surface area (Å²) in [6.45, 7) is 7.40. The smallest absolute Gasteiger partial charge is 0.236 e. The van der Waals surface area contributed by atoms with Gasteiger partial charge >= 0.3 is 0 Å². The average molecular weight is 346 g/mol. The second-order valence-corrected chi connectivity index (χ2v) is 7.11. The van der Waals surface area contributed by atoms with Crippen LogP contribution in [-0.2, 0) is 4.79 Å². The van der Waals surface area contributed by atoms with E-state index in [4.69, 9.17) is 0 Å². The molecule has 8 heteroatoms. The number of hydrogen-bond acceptors (Lipinski definition) is 7. The first-order chi connectivity index (χ1) is 11.6. The number of rotatable bonds is 5. The largest absolute Gasteiger partial charge is 0.352 e. The monoisotopic (exact) mass is 346 g/mol. The summed E-state index contributed by atoms with van der Waals surface area (Å²) in [4.78, 5) is 30.4. The number of nitrogens with one attached hydrogen (secondary N) is 1. The van der Waals surface area contributed by atoms with Gasteiger partial charge in [0.05, 0.1) is 18.8 Å². The van der Waals surface area contributed by atoms with Gasteiger partial charge in [-0.25, -0.2) is 9.97 Å². The molecule has 1 amide bonds. The van der Waals surface area contributed by atoms with Crippen LogP contribution >= 0.6 is 11.3 Å². The lowest BCUT2D eigenvalue weighted by Crippen LogP contribution is -2.51. The van der Waals surface area contributed by atoms with Crippen molar-refractivity contribution in [1.82, 2.24) is 25.2 Å². The molecule has 24 heavy (non-hydrogen) atoms. The van der Waals surface area contributed by atoms with E-state index in [-0.39, 0.29) is 11.9 Å². The zero-order valence-electron chi connectivity index (χ0n) is 14.0. The number of amides is 1. The van der Waals surface area contributed by atoms with E-state index in [1.54, 1.807) is 29.9 Å². The van der Waals surface area contributed by atoms with Crippen LogP contribution < -0.4 is 10.2 Å². The normalized spacial score (nSPS) is 16.2. The van der Waals surface area contributed by atoms with Crippen molar-refractivity contribution in [3.8, 4) is 0 Å². The molecular weight excluding hydrogens is 324 g/mol. The maximum absolute atomic E-state index is 12.4. The van der Waals surface area contributed by atoms with E-state index in [1.165, 1.54) is 4.88 Å². The molecule has 1 N–H and O–H groups in total. The Morgan fingerprint density at radius 3 is 2.67 bits per heavy atom. The van der Waals surface area contributed by atoms with Crippen LogP contribution in [0.5, 0.6) is 0 Å². The first kappa shape index (κ1) is 16.8. The van der Waals surface area contributed by atoms with E-state index in [0.29, 0.717) is 19.6 Å². The number of thiazole rings is 1. The first-order valence-electron chi connectivity index (χ1n) is 8.08. The topological polar surface area (TPSA) is 74.2 Å². The molecule has 0 aromatic carbocycles. The maximum Gasteiger partial charge on any atom is 0.236 e. The van der Waals surface area contributed by atoms with Crippen molar-refractivity contribution in [1.29, 1.82) is 0 Å². The summed E-state index contributed by atoms with van der Waals surface area (Å²) in [7, 11) is 0. The van der Waals surface area contributed by atoms with Gasteiger partial charge in [0.1, 0.15) is 10.8 Å². The minimum atomic E-state index is 0.0912. The van der Waals surface area contributed by atoms with Crippen LogP contribution in [0.2, 0.25) is 0 Å². The van der Waals surface area contributed by atoms with Crippen molar-refractivity contribution in [2.45, 2.75) is 19.9 Å². The summed E-state index contributed by atoms with van der Waals surface area (Å²) in [6, 6.07) is 0.0912. The molecule has 0 spiro atoms. The number of anilines is 1. The zero-order valence-corrected chi connectivity index (χ0v) is 14.8. The van der Waals surface area contributed by atoms with Crippen molar-refractivity contribution in [3.05, 3.63) is 34.7 Å². The van der Waals surface area contributed by atoms with Crippen LogP contribution in [0.15, 0.2) is 24.8 Å². The molecule has 2 aromatic heterocycles. The van der Waals surface area contributed by atoms with Crippen LogP contribution in [-0.4, -0.2) is 58.5 Å². The summed E-state index contributed by atoms with van der Waals surface area (Å²) in [5.74, 6) is 1.00. The number of carbonyl (C=O) groups is 1. The Hall–Kier alpha value is -2.06. The molecule has 1 aliphatic rings. The van der Waals surface area contributed by atoms with Gasteiger partial charge in [-0.05, 0) is 13.8 Å². The lowest BCUT2D eigenvalue weighted by Gasteiger charge is -2.35. The molecule has 0 saturated carbocycles. The minimum Gasteiger partial charge on any atom is -0.352 e. The third-order valence-electron chi connectivity index (χ3n) is 4.07. The molecule has 3 rings (SSSR count). The Morgan fingerprint density at radius 2 is 2.04 bits per heavy atom. The van der Waals surface area contributed by atoms with Crippen LogP contribution in [0, 0.1) is 6.92 Å². The highest BCUT2D eigenvalue weighted by molar-refractivity contribution is 7.11. The van der Waals surface area contributed by atoms with Gasteiger partial charge in [-0.3, -0.25) is 15.1 Å². The van der Waals surface area contributed by atoms with Crippen LogP contribution in [0.4, 0.5) is 5.82 Å². The number of piperazine rings is 1. The molecule has 2 aromatic rings. The molecule has 1 atom stereocenters. The van der Waals surface area contributed by atoms with Crippen LogP contribution in [0.1, 0.15) is 22.9 Å². The van der Waals surface area contributed by atoms with Crippen molar-refractivity contribution < 1.29 is 4.79 Å². The summed E-state index contributed by atoms with van der Waals surface area (Å²) < 4.78 is 0. The number of carbonyl (C=O) groups excluding carboxylic acids is 1. The highest BCUT2D eigenvalue weighted by Gasteiger charge is 2.22. The lowest BCUT2D eigenvalue weighted by atomic mass is 10.3. The van der Waals surface area contributed by atoms with Crippen molar-refractivity contribution in [2.24, 2.45) is 0 Å². The predicted octanol–water partition coefficient (Wildman–Crippen LogP) is 1.24. The van der Waals surface area contributed by atoms with Gasteiger partial charge in [0, 0.05) is 49.6 Å². The minimum absolute atomic E-state index is 0.0912. The fraction of sp³-hybridized carbons (Fsp3) is 0.500. The Kier molecular flexibility index (Phi) is 5.37. The number of nitrogens with zero attached hydrogens (tertiary/aromatic N) is 5. The van der Waals surface area contributed by atoms with Gasteiger partial charge in [-0.1, -0.05) is 0 Å². The van der Waals surface area contributed by atoms with Gasteiger partial charge in [0.2, 0.25) is 5.91 Å². The van der Waals surface area contributed by atoms with Crippen LogP contribution in [0.3, 0.4) is 0 Å². The lowest BCUT2D eigenvalue weighted by molar-refractivity contribution is -0.130. The Bertz CT molecular complexity index is 668. The first-order valence-corrected chi connectivity index (χ1v) is 8.89. The third kappa shape index (κ3) is 4.07. The third-order valence-corrected chi connectivity index (χ3v) is 5.17. The molecule has 1 aliphatic heterocycles. The van der Waals surface area contributed by atoms with E-state index >= 15 is 0 Å².